The van der Waals surface area contributed by atoms with Crippen molar-refractivity contribution in [2.24, 2.45) is 0 Å². The molecule has 2 aromatic rings. The number of amides is 1. The molecular weight excluding hydrogens is 254 g/mol. The molecular formula is C15H19N3O2. The van der Waals surface area contributed by atoms with Gasteiger partial charge in [0.2, 0.25) is 5.91 Å². The summed E-state index contributed by atoms with van der Waals surface area (Å²) in [7, 11) is 0. The molecule has 0 radical (unpaired) electrons. The molecule has 0 aliphatic heterocycles. The van der Waals surface area contributed by atoms with Crippen LogP contribution in [0.1, 0.15) is 24.5 Å². The molecule has 0 aliphatic rings. The van der Waals surface area contributed by atoms with Gasteiger partial charge >= 0.3 is 0 Å². The third-order valence-corrected chi connectivity index (χ3v) is 3.04. The van der Waals surface area contributed by atoms with Gasteiger partial charge < -0.3 is 10.1 Å². The summed E-state index contributed by atoms with van der Waals surface area (Å²) in [6.45, 7) is 4.35. The molecule has 0 saturated heterocycles. The van der Waals surface area contributed by atoms with Gasteiger partial charge in [0, 0.05) is 5.56 Å². The molecule has 0 saturated carbocycles. The lowest BCUT2D eigenvalue weighted by Crippen LogP contribution is -2.16. The fraction of sp³-hybridized carbons (Fsp3) is 0.333. The second-order valence-electron chi connectivity index (χ2n) is 4.54. The van der Waals surface area contributed by atoms with Gasteiger partial charge in [0.1, 0.15) is 11.6 Å². The smallest absolute Gasteiger partial charge is 0.228 e. The van der Waals surface area contributed by atoms with E-state index in [1.54, 1.807) is 6.20 Å². The number of H-pyrrole nitrogens is 1. The minimum Gasteiger partial charge on any atom is -0.493 e. The molecule has 1 aromatic carbocycles. The quantitative estimate of drug-likeness (QED) is 0.850. The van der Waals surface area contributed by atoms with E-state index in [-0.39, 0.29) is 5.91 Å². The minimum absolute atomic E-state index is 0.0856. The van der Waals surface area contributed by atoms with Crippen LogP contribution >= 0.6 is 0 Å². The van der Waals surface area contributed by atoms with E-state index in [4.69, 9.17) is 4.74 Å². The fourth-order valence-corrected chi connectivity index (χ4v) is 1.86. The zero-order chi connectivity index (χ0) is 14.4. The Kier molecular flexibility index (Phi) is 4.76. The van der Waals surface area contributed by atoms with Crippen molar-refractivity contribution < 1.29 is 9.53 Å². The number of rotatable bonds is 6. The highest BCUT2D eigenvalue weighted by Crippen LogP contribution is 2.16. The van der Waals surface area contributed by atoms with Gasteiger partial charge in [0.25, 0.3) is 0 Å². The number of carbonyl (C=O) groups excluding carboxylic acids is 1. The molecule has 0 fully saturated rings. The topological polar surface area (TPSA) is 67.0 Å². The first-order chi connectivity index (χ1) is 9.70. The summed E-state index contributed by atoms with van der Waals surface area (Å²) in [4.78, 5) is 11.8. The molecule has 0 atom stereocenters. The van der Waals surface area contributed by atoms with Gasteiger partial charge in [-0.05, 0) is 25.0 Å². The second-order valence-corrected chi connectivity index (χ2v) is 4.54. The molecule has 1 heterocycles. The normalized spacial score (nSPS) is 10.3. The van der Waals surface area contributed by atoms with Crippen LogP contribution in [-0.2, 0) is 11.2 Å². The van der Waals surface area contributed by atoms with E-state index in [1.807, 2.05) is 38.1 Å². The Labute approximate surface area is 118 Å². The highest BCUT2D eigenvalue weighted by atomic mass is 16.5. The monoisotopic (exact) mass is 273 g/mol. The summed E-state index contributed by atoms with van der Waals surface area (Å²) in [5, 5.41) is 9.50. The Morgan fingerprint density at radius 1 is 1.40 bits per heavy atom. The summed E-state index contributed by atoms with van der Waals surface area (Å²) < 4.78 is 5.60. The SMILES string of the molecule is CCc1cn[nH]c1NC(=O)CCOc1ccccc1C. The van der Waals surface area contributed by atoms with Crippen LogP contribution in [0.15, 0.2) is 30.5 Å². The molecule has 1 amide bonds. The molecule has 5 nitrogen and oxygen atoms in total. The van der Waals surface area contributed by atoms with Crippen LogP contribution in [0.2, 0.25) is 0 Å². The van der Waals surface area contributed by atoms with Gasteiger partial charge in [0.05, 0.1) is 19.2 Å². The number of aryl methyl sites for hydroxylation is 2. The van der Waals surface area contributed by atoms with Crippen molar-refractivity contribution in [1.82, 2.24) is 10.2 Å². The highest BCUT2D eigenvalue weighted by Gasteiger charge is 2.08. The number of aromatic nitrogens is 2. The van der Waals surface area contributed by atoms with Crippen molar-refractivity contribution in [2.75, 3.05) is 11.9 Å². The van der Waals surface area contributed by atoms with E-state index in [0.717, 1.165) is 23.3 Å². The number of anilines is 1. The van der Waals surface area contributed by atoms with Crippen molar-refractivity contribution >= 4 is 11.7 Å². The van der Waals surface area contributed by atoms with Crippen molar-refractivity contribution in [3.05, 3.63) is 41.6 Å². The summed E-state index contributed by atoms with van der Waals surface area (Å²) in [6, 6.07) is 7.75. The molecule has 0 aliphatic carbocycles. The number of hydrogen-bond acceptors (Lipinski definition) is 3. The van der Waals surface area contributed by atoms with Gasteiger partial charge in [-0.1, -0.05) is 25.1 Å². The minimum atomic E-state index is -0.0856. The van der Waals surface area contributed by atoms with Gasteiger partial charge in [-0.2, -0.15) is 5.10 Å². The van der Waals surface area contributed by atoms with E-state index in [9.17, 15) is 4.79 Å². The van der Waals surface area contributed by atoms with E-state index in [1.165, 1.54) is 0 Å². The summed E-state index contributed by atoms with van der Waals surface area (Å²) >= 11 is 0. The number of nitrogens with one attached hydrogen (secondary N) is 2. The first kappa shape index (κ1) is 14.1. The summed E-state index contributed by atoms with van der Waals surface area (Å²) in [5.41, 5.74) is 2.06. The predicted octanol–water partition coefficient (Wildman–Crippen LogP) is 2.69. The predicted molar refractivity (Wildman–Crippen MR) is 77.9 cm³/mol. The number of nitrogens with zero attached hydrogens (tertiary/aromatic N) is 1. The van der Waals surface area contributed by atoms with Crippen molar-refractivity contribution in [1.29, 1.82) is 0 Å². The number of benzene rings is 1. The Bertz CT molecular complexity index is 578. The van der Waals surface area contributed by atoms with Crippen LogP contribution in [0.5, 0.6) is 5.75 Å². The highest BCUT2D eigenvalue weighted by molar-refractivity contribution is 5.90. The van der Waals surface area contributed by atoms with Crippen molar-refractivity contribution in [3.8, 4) is 5.75 Å². The lowest BCUT2D eigenvalue weighted by Gasteiger charge is -2.09. The third-order valence-electron chi connectivity index (χ3n) is 3.04. The van der Waals surface area contributed by atoms with E-state index in [2.05, 4.69) is 15.5 Å². The van der Waals surface area contributed by atoms with Crippen LogP contribution < -0.4 is 10.1 Å². The van der Waals surface area contributed by atoms with Gasteiger partial charge in [-0.15, -0.1) is 0 Å². The number of aromatic amines is 1. The van der Waals surface area contributed by atoms with Gasteiger partial charge in [-0.3, -0.25) is 9.89 Å². The maximum absolute atomic E-state index is 11.8. The summed E-state index contributed by atoms with van der Waals surface area (Å²) in [5.74, 6) is 1.40. The maximum Gasteiger partial charge on any atom is 0.228 e. The van der Waals surface area contributed by atoms with Gasteiger partial charge in [0.15, 0.2) is 0 Å². The van der Waals surface area contributed by atoms with Gasteiger partial charge in [-0.25, -0.2) is 0 Å². The standard InChI is InChI=1S/C15H19N3O2/c1-3-12-10-16-18-15(12)17-14(19)8-9-20-13-7-5-4-6-11(13)2/h4-7,10H,3,8-9H2,1-2H3,(H2,16,17,18,19). The molecule has 2 rings (SSSR count). The van der Waals surface area contributed by atoms with Crippen LogP contribution in [0.25, 0.3) is 0 Å². The van der Waals surface area contributed by atoms with E-state index in [0.29, 0.717) is 18.8 Å². The van der Waals surface area contributed by atoms with Crippen LogP contribution in [0, 0.1) is 6.92 Å². The van der Waals surface area contributed by atoms with Crippen molar-refractivity contribution in [3.63, 3.8) is 0 Å². The second kappa shape index (κ2) is 6.75. The number of carbonyl (C=O) groups is 1. The Morgan fingerprint density at radius 3 is 2.95 bits per heavy atom. The molecule has 106 valence electrons. The largest absolute Gasteiger partial charge is 0.493 e. The van der Waals surface area contributed by atoms with Crippen LogP contribution in [0.3, 0.4) is 0 Å². The zero-order valence-corrected chi connectivity index (χ0v) is 11.8. The fourth-order valence-electron chi connectivity index (χ4n) is 1.86. The van der Waals surface area contributed by atoms with Crippen molar-refractivity contribution in [2.45, 2.75) is 26.7 Å². The summed E-state index contributed by atoms with van der Waals surface area (Å²) in [6.07, 6.45) is 2.85. The number of hydrogen-bond donors (Lipinski definition) is 2. The Balaban J connectivity index is 1.80. The Morgan fingerprint density at radius 2 is 2.20 bits per heavy atom. The third kappa shape index (κ3) is 3.60. The molecule has 0 bridgehead atoms. The number of para-hydroxylation sites is 1. The number of ether oxygens (including phenoxy) is 1. The van der Waals surface area contributed by atoms with Crippen LogP contribution in [-0.4, -0.2) is 22.7 Å². The maximum atomic E-state index is 11.8. The molecule has 0 spiro atoms. The molecule has 1 aromatic heterocycles. The zero-order valence-electron chi connectivity index (χ0n) is 11.8. The Hall–Kier alpha value is -2.30. The van der Waals surface area contributed by atoms with E-state index < -0.39 is 0 Å². The first-order valence-electron chi connectivity index (χ1n) is 6.71. The lowest BCUT2D eigenvalue weighted by atomic mass is 10.2. The van der Waals surface area contributed by atoms with E-state index >= 15 is 0 Å². The molecule has 0 unspecified atom stereocenters. The molecule has 5 heteroatoms. The average Bonchev–Trinajstić information content (AvgIpc) is 2.88. The molecule has 20 heavy (non-hydrogen) atoms. The average molecular weight is 273 g/mol. The first-order valence-corrected chi connectivity index (χ1v) is 6.71. The van der Waals surface area contributed by atoms with Crippen LogP contribution in [0.4, 0.5) is 5.82 Å². The lowest BCUT2D eigenvalue weighted by molar-refractivity contribution is -0.116. The molecule has 2 N–H and O–H groups in total.